The van der Waals surface area contributed by atoms with E-state index in [0.717, 1.165) is 51.7 Å². The molecule has 8 heteroatoms. The number of benzene rings is 1. The molecule has 0 spiro atoms. The van der Waals surface area contributed by atoms with E-state index in [4.69, 9.17) is 4.74 Å². The van der Waals surface area contributed by atoms with Crippen molar-refractivity contribution in [1.82, 2.24) is 14.9 Å². The standard InChI is InChI=1S/C20H31N3O4S/c1-2-10-23-11-8-17(9-12-23)22-20(24)16-5-3-7-19(14-16)28(25,26)21-15-18-6-4-13-27-18/h3,5,7,14,17-18,21H,2,4,6,8-13,15H2,1H3,(H,22,24). The molecule has 7 nitrogen and oxygen atoms in total. The lowest BCUT2D eigenvalue weighted by molar-refractivity contribution is 0.0911. The molecule has 2 saturated heterocycles. The van der Waals surface area contributed by atoms with Gasteiger partial charge >= 0.3 is 0 Å². The van der Waals surface area contributed by atoms with Crippen LogP contribution >= 0.6 is 0 Å². The van der Waals surface area contributed by atoms with Crippen molar-refractivity contribution in [3.05, 3.63) is 29.8 Å². The van der Waals surface area contributed by atoms with Crippen molar-refractivity contribution in [3.63, 3.8) is 0 Å². The van der Waals surface area contributed by atoms with Gasteiger partial charge < -0.3 is 15.0 Å². The molecule has 2 N–H and O–H groups in total. The number of piperidine rings is 1. The highest BCUT2D eigenvalue weighted by molar-refractivity contribution is 7.89. The summed E-state index contributed by atoms with van der Waals surface area (Å²) < 4.78 is 33.1. The Hall–Kier alpha value is -1.48. The van der Waals surface area contributed by atoms with Crippen LogP contribution in [0.1, 0.15) is 49.4 Å². The summed E-state index contributed by atoms with van der Waals surface area (Å²) in [5.74, 6) is -0.217. The number of rotatable bonds is 8. The third kappa shape index (κ3) is 5.76. The second kappa shape index (κ2) is 9.82. The van der Waals surface area contributed by atoms with Gasteiger partial charge in [0.15, 0.2) is 0 Å². The average Bonchev–Trinajstić information content (AvgIpc) is 3.22. The third-order valence-electron chi connectivity index (χ3n) is 5.39. The molecule has 3 rings (SSSR count). The summed E-state index contributed by atoms with van der Waals surface area (Å²) in [6.07, 6.45) is 4.74. The molecule has 1 unspecified atom stereocenters. The van der Waals surface area contributed by atoms with Crippen LogP contribution in [0.25, 0.3) is 0 Å². The lowest BCUT2D eigenvalue weighted by Gasteiger charge is -2.32. The van der Waals surface area contributed by atoms with E-state index in [-0.39, 0.29) is 29.5 Å². The lowest BCUT2D eigenvalue weighted by Crippen LogP contribution is -2.44. The van der Waals surface area contributed by atoms with Gasteiger partial charge in [0.05, 0.1) is 11.0 Å². The quantitative estimate of drug-likeness (QED) is 0.683. The second-order valence-corrected chi connectivity index (χ2v) is 9.37. The van der Waals surface area contributed by atoms with Crippen LogP contribution in [-0.4, -0.2) is 64.2 Å². The molecule has 2 aliphatic heterocycles. The zero-order chi connectivity index (χ0) is 20.0. The molecule has 0 bridgehead atoms. The largest absolute Gasteiger partial charge is 0.377 e. The number of carbonyl (C=O) groups excluding carboxylic acids is 1. The number of carbonyl (C=O) groups is 1. The first-order chi connectivity index (χ1) is 13.5. The van der Waals surface area contributed by atoms with Crippen LogP contribution in [0.5, 0.6) is 0 Å². The van der Waals surface area contributed by atoms with Crippen molar-refractivity contribution in [1.29, 1.82) is 0 Å². The van der Waals surface area contributed by atoms with Crippen molar-refractivity contribution in [2.24, 2.45) is 0 Å². The number of hydrogen-bond acceptors (Lipinski definition) is 5. The van der Waals surface area contributed by atoms with Crippen LogP contribution in [0, 0.1) is 0 Å². The third-order valence-corrected chi connectivity index (χ3v) is 6.82. The summed E-state index contributed by atoms with van der Waals surface area (Å²) in [5, 5.41) is 3.05. The summed E-state index contributed by atoms with van der Waals surface area (Å²) in [6, 6.07) is 6.36. The van der Waals surface area contributed by atoms with Gasteiger partial charge in [-0.2, -0.15) is 0 Å². The lowest BCUT2D eigenvalue weighted by atomic mass is 10.0. The number of sulfonamides is 1. The Balaban J connectivity index is 1.56. The molecule has 0 saturated carbocycles. The molecule has 1 aromatic carbocycles. The molecular weight excluding hydrogens is 378 g/mol. The van der Waals surface area contributed by atoms with Crippen molar-refractivity contribution in [2.75, 3.05) is 32.8 Å². The van der Waals surface area contributed by atoms with Crippen molar-refractivity contribution in [2.45, 2.75) is 56.1 Å². The van der Waals surface area contributed by atoms with E-state index in [1.807, 2.05) is 0 Å². The molecule has 1 atom stereocenters. The first-order valence-electron chi connectivity index (χ1n) is 10.2. The van der Waals surface area contributed by atoms with E-state index in [1.54, 1.807) is 12.1 Å². The molecule has 156 valence electrons. The Morgan fingerprint density at radius 1 is 1.25 bits per heavy atom. The van der Waals surface area contributed by atoms with Crippen LogP contribution in [0.15, 0.2) is 29.2 Å². The fourth-order valence-electron chi connectivity index (χ4n) is 3.78. The molecule has 2 heterocycles. The van der Waals surface area contributed by atoms with Crippen molar-refractivity contribution in [3.8, 4) is 0 Å². The minimum absolute atomic E-state index is 0.0696. The van der Waals surface area contributed by atoms with Crippen molar-refractivity contribution >= 4 is 15.9 Å². The monoisotopic (exact) mass is 409 g/mol. The molecule has 1 amide bonds. The van der Waals surface area contributed by atoms with E-state index in [9.17, 15) is 13.2 Å². The highest BCUT2D eigenvalue weighted by Gasteiger charge is 2.23. The topological polar surface area (TPSA) is 87.7 Å². The number of ether oxygens (including phenoxy) is 1. The van der Waals surface area contributed by atoms with Gasteiger partial charge in [0.2, 0.25) is 10.0 Å². The maximum atomic E-state index is 12.6. The number of nitrogens with one attached hydrogen (secondary N) is 2. The average molecular weight is 410 g/mol. The molecule has 2 aliphatic rings. The fraction of sp³-hybridized carbons (Fsp3) is 0.650. The normalized spacial score (nSPS) is 21.7. The minimum Gasteiger partial charge on any atom is -0.377 e. The Labute approximate surface area is 167 Å². The predicted molar refractivity (Wildman–Crippen MR) is 108 cm³/mol. The second-order valence-electron chi connectivity index (χ2n) is 7.60. The highest BCUT2D eigenvalue weighted by Crippen LogP contribution is 2.16. The Morgan fingerprint density at radius 3 is 2.71 bits per heavy atom. The number of amides is 1. The minimum atomic E-state index is -3.67. The Bertz CT molecular complexity index is 754. The number of hydrogen-bond donors (Lipinski definition) is 2. The van der Waals surface area contributed by atoms with Gasteiger partial charge in [0.1, 0.15) is 0 Å². The smallest absolute Gasteiger partial charge is 0.251 e. The van der Waals surface area contributed by atoms with Gasteiger partial charge in [-0.05, 0) is 56.8 Å². The van der Waals surface area contributed by atoms with Gasteiger partial charge in [0, 0.05) is 37.8 Å². The van der Waals surface area contributed by atoms with Crippen molar-refractivity contribution < 1.29 is 17.9 Å². The first-order valence-corrected chi connectivity index (χ1v) is 11.7. The fourth-order valence-corrected chi connectivity index (χ4v) is 4.89. The van der Waals surface area contributed by atoms with E-state index in [1.165, 1.54) is 12.1 Å². The molecule has 0 aromatic heterocycles. The molecule has 28 heavy (non-hydrogen) atoms. The van der Waals surface area contributed by atoms with Crippen LogP contribution in [0.3, 0.4) is 0 Å². The number of likely N-dealkylation sites (tertiary alicyclic amines) is 1. The van der Waals surface area contributed by atoms with Gasteiger partial charge in [-0.3, -0.25) is 4.79 Å². The molecule has 1 aromatic rings. The van der Waals surface area contributed by atoms with Gasteiger partial charge in [-0.15, -0.1) is 0 Å². The zero-order valence-electron chi connectivity index (χ0n) is 16.5. The van der Waals surface area contributed by atoms with Crippen LogP contribution in [-0.2, 0) is 14.8 Å². The highest BCUT2D eigenvalue weighted by atomic mass is 32.2. The van der Waals surface area contributed by atoms with Crippen LogP contribution in [0.4, 0.5) is 0 Å². The predicted octanol–water partition coefficient (Wildman–Crippen LogP) is 1.75. The van der Waals surface area contributed by atoms with E-state index in [0.29, 0.717) is 12.2 Å². The van der Waals surface area contributed by atoms with Crippen LogP contribution < -0.4 is 10.0 Å². The molecular formula is C20H31N3O4S. The van der Waals surface area contributed by atoms with E-state index < -0.39 is 10.0 Å². The van der Waals surface area contributed by atoms with E-state index >= 15 is 0 Å². The van der Waals surface area contributed by atoms with Gasteiger partial charge in [-0.25, -0.2) is 13.1 Å². The SMILES string of the molecule is CCCN1CCC(NC(=O)c2cccc(S(=O)(=O)NCC3CCCO3)c2)CC1. The summed E-state index contributed by atoms with van der Waals surface area (Å²) in [4.78, 5) is 15.1. The summed E-state index contributed by atoms with van der Waals surface area (Å²) in [7, 11) is -3.67. The summed E-state index contributed by atoms with van der Waals surface area (Å²) >= 11 is 0. The zero-order valence-corrected chi connectivity index (χ0v) is 17.3. The Kier molecular flexibility index (Phi) is 7.45. The van der Waals surface area contributed by atoms with Crippen LogP contribution in [0.2, 0.25) is 0 Å². The Morgan fingerprint density at radius 2 is 2.04 bits per heavy atom. The molecule has 2 fully saturated rings. The van der Waals surface area contributed by atoms with Gasteiger partial charge in [0.25, 0.3) is 5.91 Å². The summed E-state index contributed by atoms with van der Waals surface area (Å²) in [6.45, 7) is 6.18. The number of nitrogens with zero attached hydrogens (tertiary/aromatic N) is 1. The van der Waals surface area contributed by atoms with Gasteiger partial charge in [-0.1, -0.05) is 13.0 Å². The maximum absolute atomic E-state index is 12.6. The molecule has 0 aliphatic carbocycles. The van der Waals surface area contributed by atoms with E-state index in [2.05, 4.69) is 21.9 Å². The maximum Gasteiger partial charge on any atom is 0.251 e. The molecule has 0 radical (unpaired) electrons. The first kappa shape index (κ1) is 21.2. The summed E-state index contributed by atoms with van der Waals surface area (Å²) in [5.41, 5.74) is 0.371.